The molecule has 112 valence electrons. The summed E-state index contributed by atoms with van der Waals surface area (Å²) in [6, 6.07) is 0.431. The molecule has 0 amide bonds. The Hall–Kier alpha value is -2.25. The van der Waals surface area contributed by atoms with E-state index in [9.17, 15) is 0 Å². The van der Waals surface area contributed by atoms with Crippen molar-refractivity contribution in [1.29, 1.82) is 0 Å². The minimum atomic E-state index is 0.431. The van der Waals surface area contributed by atoms with E-state index in [1.165, 1.54) is 17.4 Å². The van der Waals surface area contributed by atoms with Gasteiger partial charge in [0.25, 0.3) is 5.95 Å². The van der Waals surface area contributed by atoms with Gasteiger partial charge in [0.1, 0.15) is 12.7 Å². The summed E-state index contributed by atoms with van der Waals surface area (Å²) < 4.78 is 1.53. The Morgan fingerprint density at radius 3 is 2.76 bits per heavy atom. The quantitative estimate of drug-likeness (QED) is 0.860. The zero-order valence-corrected chi connectivity index (χ0v) is 12.3. The van der Waals surface area contributed by atoms with E-state index < -0.39 is 0 Å². The first-order chi connectivity index (χ1) is 10.2. The van der Waals surface area contributed by atoms with Gasteiger partial charge in [-0.25, -0.2) is 4.98 Å². The molecule has 1 saturated carbocycles. The lowest BCUT2D eigenvalue weighted by molar-refractivity contribution is 0.601. The molecule has 2 atom stereocenters. The maximum Gasteiger partial charge on any atom is 0.258 e. The van der Waals surface area contributed by atoms with Crippen LogP contribution in [0.25, 0.3) is 5.95 Å². The Morgan fingerprint density at radius 2 is 2.10 bits per heavy atom. The van der Waals surface area contributed by atoms with Crippen molar-refractivity contribution in [3.63, 3.8) is 0 Å². The summed E-state index contributed by atoms with van der Waals surface area (Å²) in [7, 11) is 0. The highest BCUT2D eigenvalue weighted by atomic mass is 15.4. The molecule has 2 unspecified atom stereocenters. The lowest BCUT2D eigenvalue weighted by Gasteiger charge is -2.14. The molecule has 2 heterocycles. The molecule has 1 fully saturated rings. The van der Waals surface area contributed by atoms with Crippen LogP contribution in [-0.4, -0.2) is 42.3 Å². The average molecular weight is 288 g/mol. The third kappa shape index (κ3) is 3.26. The van der Waals surface area contributed by atoms with E-state index in [1.54, 1.807) is 6.33 Å². The molecule has 21 heavy (non-hydrogen) atoms. The number of hydrogen-bond donors (Lipinski definition) is 2. The third-order valence-corrected chi connectivity index (χ3v) is 3.61. The number of nitrogens with one attached hydrogen (secondary N) is 2. The maximum absolute atomic E-state index is 4.43. The predicted octanol–water partition coefficient (Wildman–Crippen LogP) is 1.48. The Bertz CT molecular complexity index is 582. The lowest BCUT2D eigenvalue weighted by Crippen LogP contribution is -2.19. The van der Waals surface area contributed by atoms with Crippen LogP contribution in [0.15, 0.2) is 12.7 Å². The van der Waals surface area contributed by atoms with Crippen LogP contribution in [0.4, 0.5) is 11.9 Å². The number of anilines is 2. The van der Waals surface area contributed by atoms with Crippen molar-refractivity contribution in [1.82, 2.24) is 29.7 Å². The van der Waals surface area contributed by atoms with Gasteiger partial charge in [0.05, 0.1) is 0 Å². The molecule has 0 spiro atoms. The molecular formula is C13H20N8. The highest BCUT2D eigenvalue weighted by molar-refractivity contribution is 5.38. The van der Waals surface area contributed by atoms with Gasteiger partial charge in [0.15, 0.2) is 0 Å². The molecule has 8 nitrogen and oxygen atoms in total. The highest BCUT2D eigenvalue weighted by Crippen LogP contribution is 2.26. The van der Waals surface area contributed by atoms with Crippen LogP contribution in [0.3, 0.4) is 0 Å². The van der Waals surface area contributed by atoms with E-state index in [4.69, 9.17) is 0 Å². The van der Waals surface area contributed by atoms with Crippen molar-refractivity contribution in [3.8, 4) is 5.95 Å². The molecule has 0 radical (unpaired) electrons. The molecule has 2 N–H and O–H groups in total. The average Bonchev–Trinajstić information content (AvgIpc) is 3.11. The summed E-state index contributed by atoms with van der Waals surface area (Å²) in [6.45, 7) is 5.03. The van der Waals surface area contributed by atoms with Crippen LogP contribution in [-0.2, 0) is 0 Å². The fourth-order valence-electron chi connectivity index (χ4n) is 2.60. The van der Waals surface area contributed by atoms with Gasteiger partial charge < -0.3 is 10.6 Å². The van der Waals surface area contributed by atoms with E-state index in [2.05, 4.69) is 42.6 Å². The zero-order valence-electron chi connectivity index (χ0n) is 12.3. The number of aromatic nitrogens is 6. The van der Waals surface area contributed by atoms with E-state index in [-0.39, 0.29) is 0 Å². The molecular weight excluding hydrogens is 268 g/mol. The first-order valence-corrected chi connectivity index (χ1v) is 7.36. The Balaban J connectivity index is 1.84. The normalized spacial score (nSPS) is 21.4. The largest absolute Gasteiger partial charge is 0.354 e. The maximum atomic E-state index is 4.43. The van der Waals surface area contributed by atoms with E-state index >= 15 is 0 Å². The summed E-state index contributed by atoms with van der Waals surface area (Å²) >= 11 is 0. The highest BCUT2D eigenvalue weighted by Gasteiger charge is 2.22. The molecule has 0 aromatic carbocycles. The second-order valence-corrected chi connectivity index (χ2v) is 5.41. The molecule has 8 heteroatoms. The van der Waals surface area contributed by atoms with Crippen molar-refractivity contribution in [2.45, 2.75) is 39.2 Å². The molecule has 0 aliphatic heterocycles. The monoisotopic (exact) mass is 288 g/mol. The smallest absolute Gasteiger partial charge is 0.258 e. The van der Waals surface area contributed by atoms with Gasteiger partial charge in [-0.2, -0.15) is 24.7 Å². The Morgan fingerprint density at radius 1 is 1.24 bits per heavy atom. The van der Waals surface area contributed by atoms with Gasteiger partial charge in [-0.05, 0) is 32.1 Å². The Kier molecular flexibility index (Phi) is 3.94. The number of hydrogen-bond acceptors (Lipinski definition) is 7. The minimum Gasteiger partial charge on any atom is -0.354 e. The van der Waals surface area contributed by atoms with Crippen molar-refractivity contribution in [3.05, 3.63) is 12.7 Å². The van der Waals surface area contributed by atoms with E-state index in [1.807, 2.05) is 6.92 Å². The summed E-state index contributed by atoms with van der Waals surface area (Å²) in [5.41, 5.74) is 0. The standard InChI is InChI=1S/C13H20N8/c1-3-15-11-18-12(17-10-5-4-9(2)6-10)20-13(19-11)21-8-14-7-16-21/h7-10H,3-6H2,1-2H3,(H2,15,17,18,19,20). The van der Waals surface area contributed by atoms with E-state index in [0.717, 1.165) is 25.3 Å². The molecule has 2 aromatic rings. The second-order valence-electron chi connectivity index (χ2n) is 5.41. The number of rotatable bonds is 5. The molecule has 3 rings (SSSR count). The van der Waals surface area contributed by atoms with Crippen molar-refractivity contribution < 1.29 is 0 Å². The fourth-order valence-corrected chi connectivity index (χ4v) is 2.60. The van der Waals surface area contributed by atoms with Crippen molar-refractivity contribution in [2.75, 3.05) is 17.2 Å². The molecule has 2 aromatic heterocycles. The van der Waals surface area contributed by atoms with Crippen LogP contribution < -0.4 is 10.6 Å². The fraction of sp³-hybridized carbons (Fsp3) is 0.615. The van der Waals surface area contributed by atoms with Gasteiger partial charge in [-0.15, -0.1) is 0 Å². The second kappa shape index (κ2) is 6.02. The van der Waals surface area contributed by atoms with Crippen LogP contribution in [0.1, 0.15) is 33.1 Å². The van der Waals surface area contributed by atoms with Crippen LogP contribution in [0.5, 0.6) is 0 Å². The van der Waals surface area contributed by atoms with Crippen LogP contribution in [0.2, 0.25) is 0 Å². The third-order valence-electron chi connectivity index (χ3n) is 3.61. The summed E-state index contributed by atoms with van der Waals surface area (Å²) in [6.07, 6.45) is 6.59. The van der Waals surface area contributed by atoms with E-state index in [0.29, 0.717) is 23.9 Å². The first-order valence-electron chi connectivity index (χ1n) is 7.36. The predicted molar refractivity (Wildman–Crippen MR) is 79.3 cm³/mol. The minimum absolute atomic E-state index is 0.431. The first kappa shape index (κ1) is 13.7. The van der Waals surface area contributed by atoms with Gasteiger partial charge in [0.2, 0.25) is 11.9 Å². The van der Waals surface area contributed by atoms with Crippen molar-refractivity contribution in [2.24, 2.45) is 5.92 Å². The van der Waals surface area contributed by atoms with Gasteiger partial charge in [-0.3, -0.25) is 0 Å². The summed E-state index contributed by atoms with van der Waals surface area (Å²) in [4.78, 5) is 17.1. The number of nitrogens with zero attached hydrogens (tertiary/aromatic N) is 6. The van der Waals surface area contributed by atoms with Crippen molar-refractivity contribution >= 4 is 11.9 Å². The SMILES string of the molecule is CCNc1nc(NC2CCC(C)C2)nc(-n2cncn2)n1. The zero-order chi connectivity index (χ0) is 14.7. The lowest BCUT2D eigenvalue weighted by atomic mass is 10.1. The van der Waals surface area contributed by atoms with Gasteiger partial charge >= 0.3 is 0 Å². The van der Waals surface area contributed by atoms with Crippen LogP contribution >= 0.6 is 0 Å². The Labute approximate surface area is 123 Å². The topological polar surface area (TPSA) is 93.4 Å². The van der Waals surface area contributed by atoms with Crippen LogP contribution in [0, 0.1) is 5.92 Å². The molecule has 0 bridgehead atoms. The summed E-state index contributed by atoms with van der Waals surface area (Å²) in [5.74, 6) is 2.36. The van der Waals surface area contributed by atoms with Gasteiger partial charge in [-0.1, -0.05) is 6.92 Å². The molecule has 0 saturated heterocycles. The summed E-state index contributed by atoms with van der Waals surface area (Å²) in [5, 5.41) is 10.6. The van der Waals surface area contributed by atoms with Gasteiger partial charge in [0, 0.05) is 12.6 Å². The molecule has 1 aliphatic carbocycles. The molecule has 1 aliphatic rings.